The molecule has 0 aliphatic heterocycles. The molecule has 1 rings (SSSR count). The van der Waals surface area contributed by atoms with Crippen LogP contribution in [0.4, 0.5) is 0 Å². The third-order valence-corrected chi connectivity index (χ3v) is 3.14. The molecule has 1 heterocycles. The van der Waals surface area contributed by atoms with Gasteiger partial charge >= 0.3 is 5.97 Å². The number of hydrogen-bond acceptors (Lipinski definition) is 2. The van der Waals surface area contributed by atoms with Crippen LogP contribution < -0.4 is 5.56 Å². The van der Waals surface area contributed by atoms with E-state index in [1.165, 1.54) is 0 Å². The van der Waals surface area contributed by atoms with Crippen LogP contribution >= 0.6 is 0 Å². The molecule has 0 bridgehead atoms. The SMILES string of the molecule is CCCCCn1c(C)cc(C)c(CC(=O)O)c1=O. The van der Waals surface area contributed by atoms with E-state index < -0.39 is 5.97 Å². The molecule has 4 heteroatoms. The van der Waals surface area contributed by atoms with Crippen LogP contribution in [-0.4, -0.2) is 15.6 Å². The van der Waals surface area contributed by atoms with E-state index in [0.29, 0.717) is 12.1 Å². The second-order valence-electron chi connectivity index (χ2n) is 4.68. The van der Waals surface area contributed by atoms with Crippen molar-refractivity contribution < 1.29 is 9.90 Å². The van der Waals surface area contributed by atoms with Crippen molar-refractivity contribution in [2.75, 3.05) is 0 Å². The molecule has 0 saturated heterocycles. The molecule has 1 N–H and O–H groups in total. The molecular weight excluding hydrogens is 230 g/mol. The third kappa shape index (κ3) is 3.45. The van der Waals surface area contributed by atoms with E-state index in [1.807, 2.05) is 13.0 Å². The topological polar surface area (TPSA) is 59.3 Å². The molecule has 4 nitrogen and oxygen atoms in total. The number of rotatable bonds is 6. The Kier molecular flexibility index (Phi) is 5.13. The van der Waals surface area contributed by atoms with Crippen molar-refractivity contribution in [1.29, 1.82) is 0 Å². The summed E-state index contributed by atoms with van der Waals surface area (Å²) in [6.07, 6.45) is 2.93. The van der Waals surface area contributed by atoms with Crippen LogP contribution in [0, 0.1) is 13.8 Å². The average molecular weight is 251 g/mol. The van der Waals surface area contributed by atoms with Gasteiger partial charge in [0.2, 0.25) is 0 Å². The highest BCUT2D eigenvalue weighted by atomic mass is 16.4. The zero-order chi connectivity index (χ0) is 13.7. The van der Waals surface area contributed by atoms with Gasteiger partial charge < -0.3 is 9.67 Å². The summed E-state index contributed by atoms with van der Waals surface area (Å²) >= 11 is 0. The summed E-state index contributed by atoms with van der Waals surface area (Å²) in [4.78, 5) is 23.0. The molecule has 0 aliphatic carbocycles. The van der Waals surface area contributed by atoms with E-state index in [4.69, 9.17) is 5.11 Å². The van der Waals surface area contributed by atoms with Gasteiger partial charge in [-0.05, 0) is 31.9 Å². The van der Waals surface area contributed by atoms with Crippen LogP contribution in [0.5, 0.6) is 0 Å². The molecule has 0 fully saturated rings. The minimum absolute atomic E-state index is 0.147. The Labute approximate surface area is 107 Å². The number of aromatic nitrogens is 1. The van der Waals surface area contributed by atoms with E-state index in [1.54, 1.807) is 11.5 Å². The minimum Gasteiger partial charge on any atom is -0.481 e. The van der Waals surface area contributed by atoms with Crippen LogP contribution in [0.25, 0.3) is 0 Å². The van der Waals surface area contributed by atoms with Gasteiger partial charge in [-0.3, -0.25) is 9.59 Å². The van der Waals surface area contributed by atoms with Gasteiger partial charge in [0.25, 0.3) is 5.56 Å². The van der Waals surface area contributed by atoms with Crippen molar-refractivity contribution in [3.63, 3.8) is 0 Å². The summed E-state index contributed by atoms with van der Waals surface area (Å²) in [6.45, 7) is 6.47. The third-order valence-electron chi connectivity index (χ3n) is 3.14. The van der Waals surface area contributed by atoms with Crippen molar-refractivity contribution in [2.24, 2.45) is 0 Å². The molecule has 1 aromatic heterocycles. The fourth-order valence-corrected chi connectivity index (χ4v) is 2.13. The fraction of sp³-hybridized carbons (Fsp3) is 0.571. The average Bonchev–Trinajstić information content (AvgIpc) is 2.28. The molecular formula is C14H21NO3. The monoisotopic (exact) mass is 251 g/mol. The number of carboxylic acids is 1. The molecule has 1 aromatic rings. The van der Waals surface area contributed by atoms with Crippen molar-refractivity contribution in [3.8, 4) is 0 Å². The predicted molar refractivity (Wildman–Crippen MR) is 71.0 cm³/mol. The van der Waals surface area contributed by atoms with Crippen molar-refractivity contribution in [3.05, 3.63) is 33.2 Å². The standard InChI is InChI=1S/C14H21NO3/c1-4-5-6-7-15-11(3)8-10(2)12(14(15)18)9-13(16)17/h8H,4-7,9H2,1-3H3,(H,16,17). The molecule has 0 amide bonds. The summed E-state index contributed by atoms with van der Waals surface area (Å²) in [5.41, 5.74) is 1.94. The first-order valence-corrected chi connectivity index (χ1v) is 6.39. The summed E-state index contributed by atoms with van der Waals surface area (Å²) in [5.74, 6) is -0.959. The number of aryl methyl sites for hydroxylation is 2. The zero-order valence-electron chi connectivity index (χ0n) is 11.3. The molecule has 0 aliphatic rings. The van der Waals surface area contributed by atoms with Gasteiger partial charge in [-0.25, -0.2) is 0 Å². The lowest BCUT2D eigenvalue weighted by Crippen LogP contribution is -2.28. The molecule has 0 saturated carbocycles. The maximum Gasteiger partial charge on any atom is 0.308 e. The van der Waals surface area contributed by atoms with Crippen LogP contribution in [0.3, 0.4) is 0 Å². The van der Waals surface area contributed by atoms with Gasteiger partial charge in [-0.2, -0.15) is 0 Å². The molecule has 18 heavy (non-hydrogen) atoms. The fourth-order valence-electron chi connectivity index (χ4n) is 2.13. The Bertz CT molecular complexity index is 489. The maximum absolute atomic E-state index is 12.2. The highest BCUT2D eigenvalue weighted by molar-refractivity contribution is 5.70. The molecule has 0 atom stereocenters. The Morgan fingerprint density at radius 1 is 1.33 bits per heavy atom. The number of hydrogen-bond donors (Lipinski definition) is 1. The summed E-state index contributed by atoms with van der Waals surface area (Å²) < 4.78 is 1.70. The van der Waals surface area contributed by atoms with E-state index >= 15 is 0 Å². The second kappa shape index (κ2) is 6.38. The summed E-state index contributed by atoms with van der Waals surface area (Å²) in [5, 5.41) is 8.84. The second-order valence-corrected chi connectivity index (χ2v) is 4.68. The highest BCUT2D eigenvalue weighted by Crippen LogP contribution is 2.08. The molecule has 100 valence electrons. The van der Waals surface area contributed by atoms with Gasteiger partial charge in [0, 0.05) is 17.8 Å². The lowest BCUT2D eigenvalue weighted by atomic mass is 10.1. The largest absolute Gasteiger partial charge is 0.481 e. The molecule has 0 radical (unpaired) electrons. The summed E-state index contributed by atoms with van der Waals surface area (Å²) in [6, 6.07) is 1.89. The van der Waals surface area contributed by atoms with E-state index in [9.17, 15) is 9.59 Å². The number of aliphatic carboxylic acids is 1. The van der Waals surface area contributed by atoms with Crippen LogP contribution in [0.2, 0.25) is 0 Å². The maximum atomic E-state index is 12.2. The highest BCUT2D eigenvalue weighted by Gasteiger charge is 2.13. The van der Waals surface area contributed by atoms with E-state index in [2.05, 4.69) is 6.92 Å². The van der Waals surface area contributed by atoms with Gasteiger partial charge in [0.1, 0.15) is 0 Å². The first-order valence-electron chi connectivity index (χ1n) is 6.39. The Balaban J connectivity index is 3.10. The van der Waals surface area contributed by atoms with Crippen molar-refractivity contribution in [2.45, 2.75) is 53.0 Å². The lowest BCUT2D eigenvalue weighted by Gasteiger charge is -2.13. The number of nitrogens with zero attached hydrogens (tertiary/aromatic N) is 1. The smallest absolute Gasteiger partial charge is 0.308 e. The molecule has 0 aromatic carbocycles. The van der Waals surface area contributed by atoms with Crippen LogP contribution in [0.1, 0.15) is 43.0 Å². The summed E-state index contributed by atoms with van der Waals surface area (Å²) in [7, 11) is 0. The zero-order valence-corrected chi connectivity index (χ0v) is 11.3. The molecule has 0 spiro atoms. The van der Waals surface area contributed by atoms with Crippen LogP contribution in [-0.2, 0) is 17.8 Å². The van der Waals surface area contributed by atoms with E-state index in [-0.39, 0.29) is 12.0 Å². The quantitative estimate of drug-likeness (QED) is 0.789. The number of unbranched alkanes of at least 4 members (excludes halogenated alkanes) is 2. The molecule has 0 unspecified atom stereocenters. The lowest BCUT2D eigenvalue weighted by molar-refractivity contribution is -0.136. The Hall–Kier alpha value is -1.58. The number of carboxylic acid groups (broad SMARTS) is 1. The minimum atomic E-state index is -0.959. The van der Waals surface area contributed by atoms with Gasteiger partial charge in [-0.1, -0.05) is 19.8 Å². The number of pyridine rings is 1. The Morgan fingerprint density at radius 3 is 2.56 bits per heavy atom. The first-order chi connectivity index (χ1) is 8.47. The van der Waals surface area contributed by atoms with Crippen LogP contribution in [0.15, 0.2) is 10.9 Å². The number of carbonyl (C=O) groups is 1. The Morgan fingerprint density at radius 2 is 2.00 bits per heavy atom. The van der Waals surface area contributed by atoms with Gasteiger partial charge in [0.15, 0.2) is 0 Å². The van der Waals surface area contributed by atoms with Gasteiger partial charge in [-0.15, -0.1) is 0 Å². The first kappa shape index (κ1) is 14.5. The van der Waals surface area contributed by atoms with Crippen molar-refractivity contribution >= 4 is 5.97 Å². The predicted octanol–water partition coefficient (Wildman–Crippen LogP) is 2.28. The van der Waals surface area contributed by atoms with Gasteiger partial charge in [0.05, 0.1) is 6.42 Å². The van der Waals surface area contributed by atoms with E-state index in [0.717, 1.165) is 30.5 Å². The van der Waals surface area contributed by atoms with Crippen molar-refractivity contribution in [1.82, 2.24) is 4.57 Å². The normalized spacial score (nSPS) is 10.6.